The zero-order valence-electron chi connectivity index (χ0n) is 10.4. The minimum Gasteiger partial charge on any atom is -0.472 e. The molecule has 2 heterocycles. The molecule has 0 aliphatic carbocycles. The SMILES string of the molecule is CNC(c1ccoc1)C1C(C)OC(C)C1C. The van der Waals surface area contributed by atoms with Crippen LogP contribution in [0, 0.1) is 11.8 Å². The summed E-state index contributed by atoms with van der Waals surface area (Å²) in [6.45, 7) is 6.58. The van der Waals surface area contributed by atoms with Crippen molar-refractivity contribution in [2.24, 2.45) is 11.8 Å². The second kappa shape index (κ2) is 4.60. The monoisotopic (exact) mass is 223 g/mol. The maximum Gasteiger partial charge on any atom is 0.0950 e. The summed E-state index contributed by atoms with van der Waals surface area (Å²) >= 11 is 0. The summed E-state index contributed by atoms with van der Waals surface area (Å²) in [5, 5.41) is 3.39. The summed E-state index contributed by atoms with van der Waals surface area (Å²) in [5.74, 6) is 1.06. The van der Waals surface area contributed by atoms with Gasteiger partial charge >= 0.3 is 0 Å². The molecule has 1 fully saturated rings. The van der Waals surface area contributed by atoms with Crippen LogP contribution in [0.3, 0.4) is 0 Å². The molecule has 0 bridgehead atoms. The van der Waals surface area contributed by atoms with Crippen molar-refractivity contribution < 1.29 is 9.15 Å². The molecule has 1 aliphatic heterocycles. The largest absolute Gasteiger partial charge is 0.472 e. The summed E-state index contributed by atoms with van der Waals surface area (Å²) in [7, 11) is 2.00. The standard InChI is InChI=1S/C13H21NO2/c1-8-9(2)16-10(3)12(8)13(14-4)11-5-6-15-7-11/h5-10,12-14H,1-4H3. The van der Waals surface area contributed by atoms with Gasteiger partial charge in [-0.15, -0.1) is 0 Å². The number of nitrogens with one attached hydrogen (secondary N) is 1. The minimum atomic E-state index is 0.289. The molecule has 0 spiro atoms. The smallest absolute Gasteiger partial charge is 0.0950 e. The molecule has 0 amide bonds. The maximum absolute atomic E-state index is 5.90. The Kier molecular flexibility index (Phi) is 3.36. The van der Waals surface area contributed by atoms with Gasteiger partial charge in [-0.1, -0.05) is 6.92 Å². The quantitative estimate of drug-likeness (QED) is 0.855. The van der Waals surface area contributed by atoms with Crippen LogP contribution in [0.4, 0.5) is 0 Å². The van der Waals surface area contributed by atoms with E-state index in [-0.39, 0.29) is 6.10 Å². The van der Waals surface area contributed by atoms with E-state index in [1.165, 1.54) is 5.56 Å². The van der Waals surface area contributed by atoms with Crippen LogP contribution in [0.25, 0.3) is 0 Å². The fourth-order valence-corrected chi connectivity index (χ4v) is 2.90. The molecule has 90 valence electrons. The van der Waals surface area contributed by atoms with Crippen LogP contribution in [0.2, 0.25) is 0 Å². The third kappa shape index (κ3) is 1.89. The average molecular weight is 223 g/mol. The first-order chi connectivity index (χ1) is 7.65. The van der Waals surface area contributed by atoms with E-state index in [1.807, 2.05) is 19.4 Å². The average Bonchev–Trinajstić information content (AvgIpc) is 2.84. The van der Waals surface area contributed by atoms with Crippen LogP contribution in [0.1, 0.15) is 32.4 Å². The van der Waals surface area contributed by atoms with Crippen molar-refractivity contribution in [1.82, 2.24) is 5.32 Å². The van der Waals surface area contributed by atoms with E-state index in [0.717, 1.165) is 0 Å². The molecular formula is C13H21NO2. The van der Waals surface area contributed by atoms with Gasteiger partial charge in [0.25, 0.3) is 0 Å². The number of rotatable bonds is 3. The molecule has 1 N–H and O–H groups in total. The molecule has 5 atom stereocenters. The van der Waals surface area contributed by atoms with Crippen LogP contribution in [-0.2, 0) is 4.74 Å². The minimum absolute atomic E-state index is 0.289. The molecule has 1 saturated heterocycles. The van der Waals surface area contributed by atoms with E-state index in [2.05, 4.69) is 26.1 Å². The van der Waals surface area contributed by atoms with Crippen molar-refractivity contribution in [3.63, 3.8) is 0 Å². The molecule has 0 saturated carbocycles. The van der Waals surface area contributed by atoms with Crippen LogP contribution >= 0.6 is 0 Å². The van der Waals surface area contributed by atoms with Gasteiger partial charge in [0, 0.05) is 17.5 Å². The second-order valence-corrected chi connectivity index (χ2v) is 4.81. The van der Waals surface area contributed by atoms with Gasteiger partial charge in [-0.2, -0.15) is 0 Å². The number of ether oxygens (including phenoxy) is 1. The molecule has 1 aromatic heterocycles. The van der Waals surface area contributed by atoms with E-state index >= 15 is 0 Å². The predicted molar refractivity (Wildman–Crippen MR) is 63.2 cm³/mol. The fourth-order valence-electron chi connectivity index (χ4n) is 2.90. The lowest BCUT2D eigenvalue weighted by molar-refractivity contribution is 0.0478. The van der Waals surface area contributed by atoms with Crippen LogP contribution in [0.5, 0.6) is 0 Å². The Balaban J connectivity index is 2.21. The fraction of sp³-hybridized carbons (Fsp3) is 0.692. The zero-order chi connectivity index (χ0) is 11.7. The molecule has 0 aromatic carbocycles. The number of furan rings is 1. The highest BCUT2D eigenvalue weighted by Gasteiger charge is 2.41. The van der Waals surface area contributed by atoms with Gasteiger partial charge in [0.2, 0.25) is 0 Å². The predicted octanol–water partition coefficient (Wildman–Crippen LogP) is 2.60. The number of hydrogen-bond donors (Lipinski definition) is 1. The van der Waals surface area contributed by atoms with Crippen LogP contribution in [0.15, 0.2) is 23.0 Å². The summed E-state index contributed by atoms with van der Waals surface area (Å²) in [6.07, 6.45) is 4.18. The molecular weight excluding hydrogens is 202 g/mol. The summed E-state index contributed by atoms with van der Waals surface area (Å²) < 4.78 is 11.1. The lowest BCUT2D eigenvalue weighted by atomic mass is 9.81. The van der Waals surface area contributed by atoms with Gasteiger partial charge in [-0.3, -0.25) is 0 Å². The van der Waals surface area contributed by atoms with E-state index in [4.69, 9.17) is 9.15 Å². The maximum atomic E-state index is 5.90. The van der Waals surface area contributed by atoms with Crippen molar-refractivity contribution in [3.05, 3.63) is 24.2 Å². The van der Waals surface area contributed by atoms with Crippen molar-refractivity contribution >= 4 is 0 Å². The van der Waals surface area contributed by atoms with Gasteiger partial charge in [0.05, 0.1) is 24.7 Å². The Labute approximate surface area is 97.2 Å². The third-order valence-corrected chi connectivity index (χ3v) is 3.92. The van der Waals surface area contributed by atoms with Gasteiger partial charge in [-0.25, -0.2) is 0 Å². The Hall–Kier alpha value is -0.800. The molecule has 1 aliphatic rings. The number of hydrogen-bond acceptors (Lipinski definition) is 3. The highest BCUT2D eigenvalue weighted by molar-refractivity contribution is 5.14. The van der Waals surface area contributed by atoms with E-state index in [9.17, 15) is 0 Å². The normalized spacial score (nSPS) is 36.5. The molecule has 3 nitrogen and oxygen atoms in total. The van der Waals surface area contributed by atoms with Crippen molar-refractivity contribution in [2.45, 2.75) is 39.0 Å². The first kappa shape index (κ1) is 11.7. The molecule has 2 rings (SSSR count). The Bertz CT molecular complexity index is 323. The van der Waals surface area contributed by atoms with E-state index in [0.29, 0.717) is 24.0 Å². The van der Waals surface area contributed by atoms with Crippen LogP contribution < -0.4 is 5.32 Å². The lowest BCUT2D eigenvalue weighted by Crippen LogP contribution is -2.32. The van der Waals surface area contributed by atoms with E-state index in [1.54, 1.807) is 6.26 Å². The highest BCUT2D eigenvalue weighted by Crippen LogP contribution is 2.40. The van der Waals surface area contributed by atoms with Gasteiger partial charge in [0.15, 0.2) is 0 Å². The molecule has 1 aromatic rings. The Morgan fingerprint density at radius 2 is 2.00 bits per heavy atom. The van der Waals surface area contributed by atoms with Crippen molar-refractivity contribution in [1.29, 1.82) is 0 Å². The Morgan fingerprint density at radius 3 is 2.44 bits per heavy atom. The van der Waals surface area contributed by atoms with E-state index < -0.39 is 0 Å². The Morgan fingerprint density at radius 1 is 1.25 bits per heavy atom. The topological polar surface area (TPSA) is 34.4 Å². The van der Waals surface area contributed by atoms with Gasteiger partial charge in [-0.05, 0) is 32.9 Å². The highest BCUT2D eigenvalue weighted by atomic mass is 16.5. The van der Waals surface area contributed by atoms with Gasteiger partial charge in [0.1, 0.15) is 0 Å². The molecule has 3 heteroatoms. The molecule has 0 radical (unpaired) electrons. The van der Waals surface area contributed by atoms with Crippen LogP contribution in [-0.4, -0.2) is 19.3 Å². The van der Waals surface area contributed by atoms with Gasteiger partial charge < -0.3 is 14.5 Å². The second-order valence-electron chi connectivity index (χ2n) is 4.81. The summed E-state index contributed by atoms with van der Waals surface area (Å²) in [6, 6.07) is 2.34. The molecule has 5 unspecified atom stereocenters. The zero-order valence-corrected chi connectivity index (χ0v) is 10.4. The van der Waals surface area contributed by atoms with Crippen molar-refractivity contribution in [2.75, 3.05) is 7.05 Å². The summed E-state index contributed by atoms with van der Waals surface area (Å²) in [4.78, 5) is 0. The third-order valence-electron chi connectivity index (χ3n) is 3.92. The molecule has 16 heavy (non-hydrogen) atoms. The summed E-state index contributed by atoms with van der Waals surface area (Å²) in [5.41, 5.74) is 1.21. The lowest BCUT2D eigenvalue weighted by Gasteiger charge is -2.27. The first-order valence-electron chi connectivity index (χ1n) is 6.00. The van der Waals surface area contributed by atoms with Crippen molar-refractivity contribution in [3.8, 4) is 0 Å². The first-order valence-corrected chi connectivity index (χ1v) is 6.00.